The fraction of sp³-hybridized carbons (Fsp3) is 0.333. The molecule has 3 N–H and O–H groups in total. The van der Waals surface area contributed by atoms with E-state index in [-0.39, 0.29) is 11.8 Å². The van der Waals surface area contributed by atoms with Gasteiger partial charge in [-0.15, -0.1) is 11.3 Å². The monoisotopic (exact) mass is 343 g/mol. The molecule has 5 nitrogen and oxygen atoms in total. The van der Waals surface area contributed by atoms with Crippen LogP contribution in [0.2, 0.25) is 0 Å². The quantitative estimate of drug-likeness (QED) is 0.778. The topological polar surface area (TPSA) is 70.2 Å². The second-order valence-electron chi connectivity index (χ2n) is 5.93. The van der Waals surface area contributed by atoms with Gasteiger partial charge in [0.05, 0.1) is 10.4 Å². The molecule has 1 aromatic carbocycles. The largest absolute Gasteiger partial charge is 0.324 e. The zero-order valence-corrected chi connectivity index (χ0v) is 14.4. The zero-order chi connectivity index (χ0) is 17.0. The lowest BCUT2D eigenvalue weighted by Crippen LogP contribution is -2.50. The first-order chi connectivity index (χ1) is 11.6. The summed E-state index contributed by atoms with van der Waals surface area (Å²) in [4.78, 5) is 25.4. The molecule has 2 aromatic rings. The minimum Gasteiger partial charge on any atom is -0.324 e. The number of amides is 2. The van der Waals surface area contributed by atoms with Gasteiger partial charge in [0, 0.05) is 11.4 Å². The van der Waals surface area contributed by atoms with E-state index >= 15 is 0 Å². The number of hydrogen-bond donors (Lipinski definition) is 3. The van der Waals surface area contributed by atoms with Crippen molar-refractivity contribution in [3.63, 3.8) is 0 Å². The predicted octanol–water partition coefficient (Wildman–Crippen LogP) is 3.47. The molecule has 1 saturated heterocycles. The van der Waals surface area contributed by atoms with Crippen molar-refractivity contribution in [3.8, 4) is 0 Å². The summed E-state index contributed by atoms with van der Waals surface area (Å²) < 4.78 is 0. The van der Waals surface area contributed by atoms with Crippen LogP contribution in [0.25, 0.3) is 0 Å². The van der Waals surface area contributed by atoms with E-state index in [0.29, 0.717) is 16.3 Å². The fourth-order valence-electron chi connectivity index (χ4n) is 2.99. The van der Waals surface area contributed by atoms with Crippen LogP contribution in [0.3, 0.4) is 0 Å². The molecule has 1 aliphatic rings. The smallest absolute Gasteiger partial charge is 0.265 e. The number of benzene rings is 1. The second-order valence-corrected chi connectivity index (χ2v) is 6.88. The number of rotatable bonds is 5. The standard InChI is InChI=1S/C18H21N3O2S/c1-2-18(9-5-10-19-18)17(23)21-14-7-3-6-13(12-14)20-16(22)15-8-4-11-24-15/h3-4,6-8,11-12,19H,2,5,9-10H2,1H3,(H,20,22)(H,21,23). The Hall–Kier alpha value is -2.18. The molecule has 1 atom stereocenters. The Balaban J connectivity index is 1.69. The van der Waals surface area contributed by atoms with Crippen LogP contribution in [0.15, 0.2) is 41.8 Å². The van der Waals surface area contributed by atoms with Gasteiger partial charge in [-0.05, 0) is 55.5 Å². The molecule has 1 fully saturated rings. The first-order valence-corrected chi connectivity index (χ1v) is 9.02. The molecule has 0 bridgehead atoms. The molecule has 1 unspecified atom stereocenters. The third-order valence-corrected chi connectivity index (χ3v) is 5.27. The molecule has 2 heterocycles. The van der Waals surface area contributed by atoms with Gasteiger partial charge < -0.3 is 16.0 Å². The van der Waals surface area contributed by atoms with Crippen LogP contribution >= 0.6 is 11.3 Å². The first-order valence-electron chi connectivity index (χ1n) is 8.14. The van der Waals surface area contributed by atoms with E-state index in [1.54, 1.807) is 12.1 Å². The van der Waals surface area contributed by atoms with Crippen molar-refractivity contribution in [2.24, 2.45) is 0 Å². The van der Waals surface area contributed by atoms with Gasteiger partial charge >= 0.3 is 0 Å². The van der Waals surface area contributed by atoms with Gasteiger partial charge in [-0.1, -0.05) is 19.1 Å². The molecule has 1 aromatic heterocycles. The molecule has 126 valence electrons. The van der Waals surface area contributed by atoms with Gasteiger partial charge in [0.1, 0.15) is 0 Å². The number of thiophene rings is 1. The van der Waals surface area contributed by atoms with Gasteiger partial charge in [0.15, 0.2) is 0 Å². The number of hydrogen-bond acceptors (Lipinski definition) is 4. The highest BCUT2D eigenvalue weighted by molar-refractivity contribution is 7.12. The third-order valence-electron chi connectivity index (χ3n) is 4.41. The van der Waals surface area contributed by atoms with Crippen LogP contribution in [-0.4, -0.2) is 23.9 Å². The fourth-order valence-corrected chi connectivity index (χ4v) is 3.61. The lowest BCUT2D eigenvalue weighted by atomic mass is 9.93. The minimum atomic E-state index is -0.476. The maximum atomic E-state index is 12.6. The summed E-state index contributed by atoms with van der Waals surface area (Å²) in [5.41, 5.74) is 0.873. The van der Waals surface area contributed by atoms with Gasteiger partial charge in [-0.25, -0.2) is 0 Å². The number of carbonyl (C=O) groups excluding carboxylic acids is 2. The zero-order valence-electron chi connectivity index (χ0n) is 13.6. The van der Waals surface area contributed by atoms with E-state index in [1.165, 1.54) is 11.3 Å². The Morgan fingerprint density at radius 3 is 2.62 bits per heavy atom. The van der Waals surface area contributed by atoms with Crippen molar-refractivity contribution >= 4 is 34.5 Å². The summed E-state index contributed by atoms with van der Waals surface area (Å²) in [6, 6.07) is 10.9. The summed E-state index contributed by atoms with van der Waals surface area (Å²) in [6.07, 6.45) is 2.62. The SMILES string of the molecule is CCC1(C(=O)Nc2cccc(NC(=O)c3cccs3)c2)CCCN1. The van der Waals surface area contributed by atoms with Crippen LogP contribution in [0.1, 0.15) is 35.9 Å². The Morgan fingerprint density at radius 1 is 1.21 bits per heavy atom. The van der Waals surface area contributed by atoms with Crippen molar-refractivity contribution in [3.05, 3.63) is 46.7 Å². The second kappa shape index (κ2) is 7.15. The Kier molecular flexibility index (Phi) is 4.97. The summed E-state index contributed by atoms with van der Waals surface area (Å²) in [5.74, 6) is -0.153. The van der Waals surface area contributed by atoms with Crippen molar-refractivity contribution in [2.75, 3.05) is 17.2 Å². The maximum Gasteiger partial charge on any atom is 0.265 e. The highest BCUT2D eigenvalue weighted by Gasteiger charge is 2.39. The molecule has 0 spiro atoms. The number of carbonyl (C=O) groups is 2. The highest BCUT2D eigenvalue weighted by Crippen LogP contribution is 2.25. The van der Waals surface area contributed by atoms with Crippen molar-refractivity contribution < 1.29 is 9.59 Å². The van der Waals surface area contributed by atoms with Crippen molar-refractivity contribution in [1.29, 1.82) is 0 Å². The maximum absolute atomic E-state index is 12.6. The Bertz CT molecular complexity index is 722. The van der Waals surface area contributed by atoms with Crippen LogP contribution in [0.4, 0.5) is 11.4 Å². The van der Waals surface area contributed by atoms with E-state index in [1.807, 2.05) is 36.6 Å². The minimum absolute atomic E-state index is 0.00997. The van der Waals surface area contributed by atoms with Crippen LogP contribution in [-0.2, 0) is 4.79 Å². The molecule has 2 amide bonds. The van der Waals surface area contributed by atoms with Gasteiger partial charge in [0.25, 0.3) is 5.91 Å². The average Bonchev–Trinajstić information content (AvgIpc) is 3.27. The van der Waals surface area contributed by atoms with Gasteiger partial charge in [0.2, 0.25) is 5.91 Å². The molecule has 0 saturated carbocycles. The number of nitrogens with one attached hydrogen (secondary N) is 3. The molecule has 3 rings (SSSR count). The molecular formula is C18H21N3O2S. The molecule has 1 aliphatic heterocycles. The average molecular weight is 343 g/mol. The lowest BCUT2D eigenvalue weighted by molar-refractivity contribution is -0.122. The Morgan fingerprint density at radius 2 is 2.00 bits per heavy atom. The van der Waals surface area contributed by atoms with E-state index in [2.05, 4.69) is 16.0 Å². The molecular weight excluding hydrogens is 322 g/mol. The van der Waals surface area contributed by atoms with E-state index in [4.69, 9.17) is 0 Å². The van der Waals surface area contributed by atoms with Crippen molar-refractivity contribution in [2.45, 2.75) is 31.7 Å². The summed E-state index contributed by atoms with van der Waals surface area (Å²) >= 11 is 1.39. The van der Waals surface area contributed by atoms with E-state index in [9.17, 15) is 9.59 Å². The van der Waals surface area contributed by atoms with E-state index < -0.39 is 5.54 Å². The summed E-state index contributed by atoms with van der Waals surface area (Å²) in [6.45, 7) is 2.90. The third kappa shape index (κ3) is 3.49. The summed E-state index contributed by atoms with van der Waals surface area (Å²) in [5, 5.41) is 11.0. The van der Waals surface area contributed by atoms with Crippen LogP contribution < -0.4 is 16.0 Å². The van der Waals surface area contributed by atoms with Crippen LogP contribution in [0, 0.1) is 0 Å². The van der Waals surface area contributed by atoms with Crippen LogP contribution in [0.5, 0.6) is 0 Å². The first kappa shape index (κ1) is 16.7. The lowest BCUT2D eigenvalue weighted by Gasteiger charge is -2.26. The molecule has 6 heteroatoms. The highest BCUT2D eigenvalue weighted by atomic mass is 32.1. The van der Waals surface area contributed by atoms with Gasteiger partial charge in [-0.3, -0.25) is 9.59 Å². The molecule has 24 heavy (non-hydrogen) atoms. The van der Waals surface area contributed by atoms with E-state index in [0.717, 1.165) is 25.8 Å². The number of anilines is 2. The van der Waals surface area contributed by atoms with Crippen molar-refractivity contribution in [1.82, 2.24) is 5.32 Å². The normalized spacial score (nSPS) is 19.9. The molecule has 0 aliphatic carbocycles. The molecule has 0 radical (unpaired) electrons. The van der Waals surface area contributed by atoms with Gasteiger partial charge in [-0.2, -0.15) is 0 Å². The predicted molar refractivity (Wildman–Crippen MR) is 97.6 cm³/mol. The summed E-state index contributed by atoms with van der Waals surface area (Å²) in [7, 11) is 0. The Labute approximate surface area is 145 Å².